The van der Waals surface area contributed by atoms with Gasteiger partial charge in [-0.25, -0.2) is 9.59 Å². The molecule has 0 radical (unpaired) electrons. The zero-order valence-electron chi connectivity index (χ0n) is 12.4. The summed E-state index contributed by atoms with van der Waals surface area (Å²) in [5, 5.41) is 14.2. The van der Waals surface area contributed by atoms with Gasteiger partial charge in [0.25, 0.3) is 0 Å². The molecule has 3 N–H and O–H groups in total. The van der Waals surface area contributed by atoms with Crippen molar-refractivity contribution in [3.05, 3.63) is 28.8 Å². The van der Waals surface area contributed by atoms with Crippen LogP contribution in [-0.2, 0) is 4.79 Å². The van der Waals surface area contributed by atoms with Crippen molar-refractivity contribution in [2.24, 2.45) is 0 Å². The molecule has 0 bridgehead atoms. The van der Waals surface area contributed by atoms with Crippen molar-refractivity contribution in [1.82, 2.24) is 5.32 Å². The molecule has 0 saturated heterocycles. The van der Waals surface area contributed by atoms with Gasteiger partial charge in [0, 0.05) is 5.69 Å². The molecule has 1 aromatic carbocycles. The summed E-state index contributed by atoms with van der Waals surface area (Å²) in [6, 6.07) is 2.61. The molecular formula is C15H22N2O3. The fourth-order valence-corrected chi connectivity index (χ4v) is 2.23. The normalized spacial score (nSPS) is 11.8. The Morgan fingerprint density at radius 3 is 2.20 bits per heavy atom. The first-order chi connectivity index (χ1) is 9.35. The molecule has 5 heteroatoms. The van der Waals surface area contributed by atoms with Crippen molar-refractivity contribution in [3.63, 3.8) is 0 Å². The molecule has 0 unspecified atom stereocenters. The molecule has 0 aliphatic carbocycles. The molecule has 0 heterocycles. The number of carboxylic acid groups (broad SMARTS) is 1. The van der Waals surface area contributed by atoms with E-state index in [1.54, 1.807) is 0 Å². The fraction of sp³-hybridized carbons (Fsp3) is 0.467. The molecule has 0 aromatic heterocycles. The highest BCUT2D eigenvalue weighted by Crippen LogP contribution is 2.21. The smallest absolute Gasteiger partial charge is 0.326 e. The van der Waals surface area contributed by atoms with E-state index in [0.29, 0.717) is 12.8 Å². The Bertz CT molecular complexity index is 489. The van der Waals surface area contributed by atoms with E-state index in [1.807, 2.05) is 39.8 Å². The maximum atomic E-state index is 11.9. The number of amides is 2. The van der Waals surface area contributed by atoms with E-state index in [2.05, 4.69) is 10.6 Å². The second-order valence-electron chi connectivity index (χ2n) is 5.05. The molecule has 0 aliphatic heterocycles. The number of carboxylic acids is 1. The van der Waals surface area contributed by atoms with E-state index in [0.717, 1.165) is 22.4 Å². The van der Waals surface area contributed by atoms with Gasteiger partial charge in [0.1, 0.15) is 6.04 Å². The number of hydrogen-bond donors (Lipinski definition) is 3. The maximum Gasteiger partial charge on any atom is 0.326 e. The van der Waals surface area contributed by atoms with Gasteiger partial charge in [-0.15, -0.1) is 0 Å². The monoisotopic (exact) mass is 278 g/mol. The highest BCUT2D eigenvalue weighted by Gasteiger charge is 2.19. The van der Waals surface area contributed by atoms with Crippen LogP contribution in [-0.4, -0.2) is 23.1 Å². The first kappa shape index (κ1) is 16.0. The number of nitrogens with one attached hydrogen (secondary N) is 2. The minimum atomic E-state index is -1.01. The highest BCUT2D eigenvalue weighted by molar-refractivity contribution is 5.93. The van der Waals surface area contributed by atoms with Crippen molar-refractivity contribution in [1.29, 1.82) is 0 Å². The highest BCUT2D eigenvalue weighted by atomic mass is 16.4. The van der Waals surface area contributed by atoms with E-state index in [4.69, 9.17) is 5.11 Å². The Balaban J connectivity index is 2.78. The summed E-state index contributed by atoms with van der Waals surface area (Å²) in [6.45, 7) is 7.70. The van der Waals surface area contributed by atoms with Crippen molar-refractivity contribution in [2.45, 2.75) is 46.6 Å². The fourth-order valence-electron chi connectivity index (χ4n) is 2.23. The third-order valence-corrected chi connectivity index (χ3v) is 3.10. The summed E-state index contributed by atoms with van der Waals surface area (Å²) in [4.78, 5) is 22.9. The molecule has 2 amide bonds. The Hall–Kier alpha value is -2.04. The summed E-state index contributed by atoms with van der Waals surface area (Å²) in [6.07, 6.45) is 1.11. The lowest BCUT2D eigenvalue weighted by atomic mass is 10.1. The van der Waals surface area contributed by atoms with E-state index in [9.17, 15) is 9.59 Å². The van der Waals surface area contributed by atoms with Crippen LogP contribution in [0.25, 0.3) is 0 Å². The zero-order chi connectivity index (χ0) is 15.3. The molecule has 1 rings (SSSR count). The van der Waals surface area contributed by atoms with E-state index < -0.39 is 18.0 Å². The number of urea groups is 1. The third kappa shape index (κ3) is 4.26. The molecule has 0 saturated carbocycles. The maximum absolute atomic E-state index is 11.9. The number of aryl methyl sites for hydroxylation is 3. The molecule has 0 spiro atoms. The van der Waals surface area contributed by atoms with Gasteiger partial charge in [0.05, 0.1) is 0 Å². The van der Waals surface area contributed by atoms with Crippen LogP contribution >= 0.6 is 0 Å². The topological polar surface area (TPSA) is 78.4 Å². The molecule has 20 heavy (non-hydrogen) atoms. The predicted octanol–water partition coefficient (Wildman–Crippen LogP) is 2.99. The van der Waals surface area contributed by atoms with Gasteiger partial charge in [-0.1, -0.05) is 31.0 Å². The number of benzene rings is 1. The van der Waals surface area contributed by atoms with Crippen LogP contribution in [0.3, 0.4) is 0 Å². The SMILES string of the molecule is CCC[C@@H](NC(=O)Nc1c(C)cc(C)cc1C)C(=O)O. The predicted molar refractivity (Wildman–Crippen MR) is 79.1 cm³/mol. The number of aliphatic carboxylic acids is 1. The third-order valence-electron chi connectivity index (χ3n) is 3.10. The number of rotatable bonds is 5. The van der Waals surface area contributed by atoms with E-state index in [1.165, 1.54) is 0 Å². The van der Waals surface area contributed by atoms with Gasteiger partial charge < -0.3 is 15.7 Å². The Kier molecular flexibility index (Phi) is 5.55. The average molecular weight is 278 g/mol. The van der Waals surface area contributed by atoms with E-state index in [-0.39, 0.29) is 0 Å². The number of hydrogen-bond acceptors (Lipinski definition) is 2. The summed E-state index contributed by atoms with van der Waals surface area (Å²) in [5.41, 5.74) is 3.77. The first-order valence-corrected chi connectivity index (χ1v) is 6.73. The largest absolute Gasteiger partial charge is 0.480 e. The van der Waals surface area contributed by atoms with E-state index >= 15 is 0 Å². The van der Waals surface area contributed by atoms with Gasteiger partial charge in [0.15, 0.2) is 0 Å². The first-order valence-electron chi connectivity index (χ1n) is 6.73. The molecule has 0 aliphatic rings. The minimum Gasteiger partial charge on any atom is -0.480 e. The van der Waals surface area contributed by atoms with Crippen molar-refractivity contribution >= 4 is 17.7 Å². The van der Waals surface area contributed by atoms with Gasteiger partial charge in [-0.2, -0.15) is 0 Å². The van der Waals surface area contributed by atoms with Crippen molar-refractivity contribution in [2.75, 3.05) is 5.32 Å². The van der Waals surface area contributed by atoms with Crippen LogP contribution in [0.2, 0.25) is 0 Å². The molecule has 5 nitrogen and oxygen atoms in total. The van der Waals surface area contributed by atoms with Gasteiger partial charge >= 0.3 is 12.0 Å². The van der Waals surface area contributed by atoms with Crippen LogP contribution in [0, 0.1) is 20.8 Å². The lowest BCUT2D eigenvalue weighted by molar-refractivity contribution is -0.139. The summed E-state index contributed by atoms with van der Waals surface area (Å²) >= 11 is 0. The van der Waals surface area contributed by atoms with Crippen molar-refractivity contribution in [3.8, 4) is 0 Å². The molecule has 0 fully saturated rings. The average Bonchev–Trinajstić information content (AvgIpc) is 2.33. The summed E-state index contributed by atoms with van der Waals surface area (Å²) < 4.78 is 0. The molecular weight excluding hydrogens is 256 g/mol. The van der Waals surface area contributed by atoms with Crippen LogP contribution in [0.5, 0.6) is 0 Å². The lowest BCUT2D eigenvalue weighted by Crippen LogP contribution is -2.43. The van der Waals surface area contributed by atoms with Crippen LogP contribution in [0.1, 0.15) is 36.5 Å². The standard InChI is InChI=1S/C15H22N2O3/c1-5-6-12(14(18)19)16-15(20)17-13-10(3)7-9(2)8-11(13)4/h7-8,12H,5-6H2,1-4H3,(H,18,19)(H2,16,17,20)/t12-/m1/s1. The molecule has 1 atom stereocenters. The second kappa shape index (κ2) is 6.93. The van der Waals surface area contributed by atoms with Crippen LogP contribution in [0.4, 0.5) is 10.5 Å². The number of carbonyl (C=O) groups is 2. The second-order valence-corrected chi connectivity index (χ2v) is 5.05. The minimum absolute atomic E-state index is 0.411. The van der Waals surface area contributed by atoms with Gasteiger partial charge in [-0.3, -0.25) is 0 Å². The summed E-state index contributed by atoms with van der Waals surface area (Å²) in [5.74, 6) is -1.01. The Morgan fingerprint density at radius 2 is 1.75 bits per heavy atom. The Morgan fingerprint density at radius 1 is 1.20 bits per heavy atom. The van der Waals surface area contributed by atoms with Crippen LogP contribution < -0.4 is 10.6 Å². The summed E-state index contributed by atoms with van der Waals surface area (Å²) in [7, 11) is 0. The Labute approximate surface area is 119 Å². The van der Waals surface area contributed by atoms with Crippen LogP contribution in [0.15, 0.2) is 12.1 Å². The van der Waals surface area contributed by atoms with Crippen molar-refractivity contribution < 1.29 is 14.7 Å². The quantitative estimate of drug-likeness (QED) is 0.774. The number of anilines is 1. The van der Waals surface area contributed by atoms with Gasteiger partial charge in [0.2, 0.25) is 0 Å². The molecule has 110 valence electrons. The lowest BCUT2D eigenvalue weighted by Gasteiger charge is -2.17. The zero-order valence-corrected chi connectivity index (χ0v) is 12.4. The number of carbonyl (C=O) groups excluding carboxylic acids is 1. The molecule has 1 aromatic rings. The van der Waals surface area contributed by atoms with Gasteiger partial charge in [-0.05, 0) is 38.3 Å².